The molecular formula is C26H22Cl3NO3S. The van der Waals surface area contributed by atoms with Crippen molar-refractivity contribution in [2.45, 2.75) is 29.2 Å². The monoisotopic (exact) mass is 533 g/mol. The van der Waals surface area contributed by atoms with Crippen molar-refractivity contribution in [1.82, 2.24) is 5.32 Å². The second-order valence-electron chi connectivity index (χ2n) is 7.63. The average Bonchev–Trinajstić information content (AvgIpc) is 2.82. The summed E-state index contributed by atoms with van der Waals surface area (Å²) in [5.74, 6) is -0.677. The van der Waals surface area contributed by atoms with Crippen LogP contribution in [0.25, 0.3) is 0 Å². The molecule has 0 saturated carbocycles. The van der Waals surface area contributed by atoms with Gasteiger partial charge in [-0.15, -0.1) is 11.8 Å². The van der Waals surface area contributed by atoms with E-state index in [2.05, 4.69) is 5.32 Å². The van der Waals surface area contributed by atoms with Crippen molar-refractivity contribution in [3.8, 4) is 0 Å². The van der Waals surface area contributed by atoms with E-state index in [4.69, 9.17) is 39.5 Å². The molecule has 4 rings (SSSR count). The topological polar surface area (TPSA) is 58.6 Å². The van der Waals surface area contributed by atoms with Crippen molar-refractivity contribution in [1.29, 1.82) is 0 Å². The van der Waals surface area contributed by atoms with Gasteiger partial charge >= 0.3 is 5.97 Å². The molecule has 1 heterocycles. The van der Waals surface area contributed by atoms with Gasteiger partial charge in [-0.05, 0) is 54.4 Å². The van der Waals surface area contributed by atoms with Gasteiger partial charge in [-0.3, -0.25) is 5.32 Å². The van der Waals surface area contributed by atoms with Crippen molar-refractivity contribution < 1.29 is 14.6 Å². The van der Waals surface area contributed by atoms with Crippen LogP contribution in [0.5, 0.6) is 0 Å². The highest BCUT2D eigenvalue weighted by molar-refractivity contribution is 8.00. The zero-order valence-electron chi connectivity index (χ0n) is 18.2. The maximum Gasteiger partial charge on any atom is 0.339 e. The second-order valence-corrected chi connectivity index (χ2v) is 10.1. The number of ether oxygens (including phenoxy) is 1. The van der Waals surface area contributed by atoms with E-state index in [-0.39, 0.29) is 17.9 Å². The first kappa shape index (κ1) is 25.0. The summed E-state index contributed by atoms with van der Waals surface area (Å²) in [6, 6.07) is 20.8. The number of benzene rings is 3. The molecule has 1 aliphatic heterocycles. The first-order valence-corrected chi connectivity index (χ1v) is 12.7. The molecule has 0 saturated heterocycles. The molecule has 0 amide bonds. The lowest BCUT2D eigenvalue weighted by molar-refractivity contribution is -0.139. The van der Waals surface area contributed by atoms with Gasteiger partial charge in [0.15, 0.2) is 0 Å². The molecule has 0 fully saturated rings. The maximum atomic E-state index is 13.1. The van der Waals surface area contributed by atoms with Crippen LogP contribution >= 0.6 is 46.6 Å². The zero-order chi connectivity index (χ0) is 24.2. The molecule has 8 heteroatoms. The first-order valence-electron chi connectivity index (χ1n) is 10.7. The van der Waals surface area contributed by atoms with Crippen LogP contribution in [0.2, 0.25) is 15.1 Å². The fraction of sp³-hybridized carbons (Fsp3) is 0.192. The highest BCUT2D eigenvalue weighted by Crippen LogP contribution is 2.46. The molecule has 3 aromatic carbocycles. The van der Waals surface area contributed by atoms with Crippen molar-refractivity contribution in [3.63, 3.8) is 0 Å². The SMILES string of the molecule is CCOC(=O)C1=C(O)[C@H](Sc2ccc(Cl)cc2)[C@H](c2ccccc2Cl)N[C@@H]1c1ccccc1Cl. The lowest BCUT2D eigenvalue weighted by atomic mass is 9.87. The number of nitrogens with one attached hydrogen (secondary N) is 1. The number of hydrogen-bond acceptors (Lipinski definition) is 5. The van der Waals surface area contributed by atoms with Gasteiger partial charge < -0.3 is 9.84 Å². The quantitative estimate of drug-likeness (QED) is 0.319. The Morgan fingerprint density at radius 2 is 1.53 bits per heavy atom. The van der Waals surface area contributed by atoms with Crippen LogP contribution in [0.3, 0.4) is 0 Å². The second kappa shape index (κ2) is 11.1. The summed E-state index contributed by atoms with van der Waals surface area (Å²) in [5.41, 5.74) is 1.58. The van der Waals surface area contributed by atoms with Crippen LogP contribution in [-0.2, 0) is 9.53 Å². The van der Waals surface area contributed by atoms with Gasteiger partial charge in [0.2, 0.25) is 0 Å². The molecule has 0 bridgehead atoms. The Morgan fingerprint density at radius 3 is 2.12 bits per heavy atom. The number of carbonyl (C=O) groups excluding carboxylic acids is 1. The van der Waals surface area contributed by atoms with E-state index in [9.17, 15) is 9.90 Å². The predicted octanol–water partition coefficient (Wildman–Crippen LogP) is 7.57. The van der Waals surface area contributed by atoms with Crippen molar-refractivity contribution in [3.05, 3.63) is 110 Å². The number of esters is 1. The van der Waals surface area contributed by atoms with Gasteiger partial charge in [0.05, 0.1) is 29.5 Å². The molecule has 0 aliphatic carbocycles. The van der Waals surface area contributed by atoms with E-state index in [1.54, 1.807) is 31.2 Å². The Labute approximate surface area is 217 Å². The highest BCUT2D eigenvalue weighted by atomic mass is 35.5. The number of hydrogen-bond donors (Lipinski definition) is 2. The minimum absolute atomic E-state index is 0.0769. The van der Waals surface area contributed by atoms with Gasteiger partial charge in [0.25, 0.3) is 0 Å². The summed E-state index contributed by atoms with van der Waals surface area (Å²) in [6.45, 7) is 1.90. The summed E-state index contributed by atoms with van der Waals surface area (Å²) >= 11 is 20.6. The van der Waals surface area contributed by atoms with E-state index in [0.29, 0.717) is 20.6 Å². The van der Waals surface area contributed by atoms with Crippen molar-refractivity contribution >= 4 is 52.5 Å². The molecule has 176 valence electrons. The molecule has 0 spiro atoms. The maximum absolute atomic E-state index is 13.1. The van der Waals surface area contributed by atoms with Crippen LogP contribution in [0.15, 0.2) is 89.0 Å². The van der Waals surface area contributed by atoms with E-state index in [1.165, 1.54) is 11.8 Å². The Bertz CT molecular complexity index is 1220. The van der Waals surface area contributed by atoms with Gasteiger partial charge in [0, 0.05) is 20.0 Å². The molecule has 34 heavy (non-hydrogen) atoms. The Kier molecular flexibility index (Phi) is 8.12. The third kappa shape index (κ3) is 5.24. The Morgan fingerprint density at radius 1 is 0.941 bits per heavy atom. The van der Waals surface area contributed by atoms with Crippen LogP contribution in [0.1, 0.15) is 30.1 Å². The van der Waals surface area contributed by atoms with Crippen LogP contribution in [0, 0.1) is 0 Å². The standard InChI is InChI=1S/C26H22Cl3NO3S/c1-2-33-26(32)21-22(17-7-3-5-9-19(17)28)30-23(18-8-4-6-10-20(18)29)25(24(21)31)34-16-13-11-15(27)12-14-16/h3-14,22-23,25,30-31H,2H2,1H3/t22-,23+,25-/m1/s1. The molecule has 0 unspecified atom stereocenters. The highest BCUT2D eigenvalue weighted by Gasteiger charge is 2.43. The Hall–Kier alpha value is -2.15. The summed E-state index contributed by atoms with van der Waals surface area (Å²) in [4.78, 5) is 14.0. The smallest absolute Gasteiger partial charge is 0.339 e. The van der Waals surface area contributed by atoms with E-state index >= 15 is 0 Å². The molecule has 0 aromatic heterocycles. The summed E-state index contributed by atoms with van der Waals surface area (Å²) in [7, 11) is 0. The number of aliphatic hydroxyl groups is 1. The molecule has 0 radical (unpaired) electrons. The van der Waals surface area contributed by atoms with Crippen LogP contribution in [-0.4, -0.2) is 22.9 Å². The minimum atomic E-state index is -0.698. The van der Waals surface area contributed by atoms with E-state index in [0.717, 1.165) is 10.5 Å². The molecular weight excluding hydrogens is 513 g/mol. The lowest BCUT2D eigenvalue weighted by Crippen LogP contribution is -2.43. The first-order chi connectivity index (χ1) is 16.4. The average molecular weight is 535 g/mol. The van der Waals surface area contributed by atoms with Gasteiger partial charge in [-0.1, -0.05) is 71.2 Å². The normalized spacial score (nSPS) is 20.3. The lowest BCUT2D eigenvalue weighted by Gasteiger charge is -2.38. The fourth-order valence-corrected chi connectivity index (χ4v) is 5.77. The fourth-order valence-electron chi connectivity index (χ4n) is 3.96. The number of rotatable bonds is 6. The predicted molar refractivity (Wildman–Crippen MR) is 139 cm³/mol. The van der Waals surface area contributed by atoms with Gasteiger partial charge in [-0.2, -0.15) is 0 Å². The largest absolute Gasteiger partial charge is 0.510 e. The van der Waals surface area contributed by atoms with Crippen molar-refractivity contribution in [2.75, 3.05) is 6.61 Å². The van der Waals surface area contributed by atoms with Gasteiger partial charge in [-0.25, -0.2) is 4.79 Å². The third-order valence-corrected chi connectivity index (χ3v) is 7.75. The zero-order valence-corrected chi connectivity index (χ0v) is 21.3. The number of halogens is 3. The third-order valence-electron chi connectivity index (χ3n) is 5.51. The molecule has 3 atom stereocenters. The minimum Gasteiger partial charge on any atom is -0.510 e. The summed E-state index contributed by atoms with van der Waals surface area (Å²) in [5, 5.41) is 16.2. The van der Waals surface area contributed by atoms with Crippen molar-refractivity contribution in [2.24, 2.45) is 0 Å². The molecule has 2 N–H and O–H groups in total. The van der Waals surface area contributed by atoms with Crippen LogP contribution in [0.4, 0.5) is 0 Å². The van der Waals surface area contributed by atoms with E-state index in [1.807, 2.05) is 48.5 Å². The number of thioether (sulfide) groups is 1. The van der Waals surface area contributed by atoms with Crippen LogP contribution < -0.4 is 5.32 Å². The molecule has 4 nitrogen and oxygen atoms in total. The molecule has 3 aromatic rings. The number of carbonyl (C=O) groups is 1. The Balaban J connectivity index is 1.89. The summed E-state index contributed by atoms with van der Waals surface area (Å²) in [6.07, 6.45) is 0. The molecule has 1 aliphatic rings. The number of aliphatic hydroxyl groups excluding tert-OH is 1. The summed E-state index contributed by atoms with van der Waals surface area (Å²) < 4.78 is 5.33. The van der Waals surface area contributed by atoms with Gasteiger partial charge in [0.1, 0.15) is 5.76 Å². The van der Waals surface area contributed by atoms with E-state index < -0.39 is 23.3 Å².